The van der Waals surface area contributed by atoms with Crippen molar-refractivity contribution >= 4 is 20.0 Å². The van der Waals surface area contributed by atoms with E-state index in [9.17, 15) is 16.8 Å². The van der Waals surface area contributed by atoms with Gasteiger partial charge in [0.1, 0.15) is 0 Å². The highest BCUT2D eigenvalue weighted by atomic mass is 32.2. The van der Waals surface area contributed by atoms with Gasteiger partial charge in [0.25, 0.3) is 10.0 Å². The fraction of sp³-hybridized carbons (Fsp3) is 0.407. The average Bonchev–Trinajstić information content (AvgIpc) is 2.99. The minimum Gasteiger partial charge on any atom is -0.265 e. The summed E-state index contributed by atoms with van der Waals surface area (Å²) in [5, 5.41) is 0. The Bertz CT molecular complexity index is 1260. The van der Waals surface area contributed by atoms with Crippen LogP contribution >= 0.6 is 0 Å². The third-order valence-electron chi connectivity index (χ3n) is 6.21. The molecule has 0 spiro atoms. The van der Waals surface area contributed by atoms with E-state index in [4.69, 9.17) is 0 Å². The van der Waals surface area contributed by atoms with Crippen LogP contribution in [0.25, 0.3) is 0 Å². The van der Waals surface area contributed by atoms with Gasteiger partial charge < -0.3 is 0 Å². The highest BCUT2D eigenvalue weighted by Gasteiger charge is 2.35. The van der Waals surface area contributed by atoms with E-state index in [2.05, 4.69) is 13.5 Å². The molecule has 0 bridgehead atoms. The molecule has 2 aromatic rings. The second-order valence-electron chi connectivity index (χ2n) is 9.08. The van der Waals surface area contributed by atoms with Crippen LogP contribution in [0.2, 0.25) is 0 Å². The normalized spacial score (nSPS) is 17.1. The molecule has 1 fully saturated rings. The van der Waals surface area contributed by atoms with Crippen molar-refractivity contribution in [3.05, 3.63) is 83.6 Å². The minimum atomic E-state index is -3.89. The molecule has 0 N–H and O–H groups in total. The number of unbranched alkanes of at least 4 members (excludes halogenated alkanes) is 4. The first-order chi connectivity index (χ1) is 16.6. The lowest BCUT2D eigenvalue weighted by Crippen LogP contribution is -2.37. The van der Waals surface area contributed by atoms with Crippen LogP contribution in [0.1, 0.15) is 50.2 Å². The topological polar surface area (TPSA) is 74.8 Å². The first-order valence-electron chi connectivity index (χ1n) is 12.1. The molecule has 0 amide bonds. The number of hydrogen-bond donors (Lipinski definition) is 0. The molecule has 3 rings (SSSR count). The Balaban J connectivity index is 1.97. The van der Waals surface area contributed by atoms with Crippen LogP contribution in [-0.2, 0) is 20.0 Å². The summed E-state index contributed by atoms with van der Waals surface area (Å²) in [6, 6.07) is 13.4. The van der Waals surface area contributed by atoms with Gasteiger partial charge in [0.15, 0.2) is 0 Å². The third-order valence-corrected chi connectivity index (χ3v) is 9.90. The number of aryl methyl sites for hydroxylation is 2. The maximum absolute atomic E-state index is 13.7. The Morgan fingerprint density at radius 3 is 1.89 bits per heavy atom. The van der Waals surface area contributed by atoms with Crippen molar-refractivity contribution in [2.45, 2.75) is 62.7 Å². The van der Waals surface area contributed by atoms with Crippen LogP contribution in [0.3, 0.4) is 0 Å². The average molecular weight is 517 g/mol. The summed E-state index contributed by atoms with van der Waals surface area (Å²) in [7, 11) is -7.69. The Morgan fingerprint density at radius 1 is 0.800 bits per heavy atom. The molecule has 0 atom stereocenters. The summed E-state index contributed by atoms with van der Waals surface area (Å²) in [4.78, 5) is 0.374. The molecule has 8 heteroatoms. The number of rotatable bonds is 9. The fourth-order valence-corrected chi connectivity index (χ4v) is 7.02. The van der Waals surface area contributed by atoms with Crippen molar-refractivity contribution in [1.82, 2.24) is 8.61 Å². The quantitative estimate of drug-likeness (QED) is 0.418. The maximum Gasteiger partial charge on any atom is 0.264 e. The van der Waals surface area contributed by atoms with E-state index in [1.54, 1.807) is 48.5 Å². The molecule has 6 nitrogen and oxygen atoms in total. The molecule has 0 saturated carbocycles. The molecule has 0 radical (unpaired) electrons. The third kappa shape index (κ3) is 6.42. The van der Waals surface area contributed by atoms with Crippen molar-refractivity contribution in [1.29, 1.82) is 0 Å². The number of benzene rings is 2. The zero-order valence-corrected chi connectivity index (χ0v) is 22.5. The van der Waals surface area contributed by atoms with Crippen LogP contribution in [-0.4, -0.2) is 45.1 Å². The van der Waals surface area contributed by atoms with Gasteiger partial charge in [0.2, 0.25) is 10.0 Å². The molecule has 2 aromatic carbocycles. The fourth-order valence-electron chi connectivity index (χ4n) is 4.08. The highest BCUT2D eigenvalue weighted by molar-refractivity contribution is 7.89. The number of hydrogen-bond acceptors (Lipinski definition) is 4. The first kappa shape index (κ1) is 27.2. The Kier molecular flexibility index (Phi) is 8.96. The first-order valence-corrected chi connectivity index (χ1v) is 15.0. The van der Waals surface area contributed by atoms with Gasteiger partial charge in [-0.15, -0.1) is 0 Å². The highest BCUT2D eigenvalue weighted by Crippen LogP contribution is 2.30. The van der Waals surface area contributed by atoms with E-state index in [0.717, 1.165) is 36.8 Å². The van der Waals surface area contributed by atoms with Gasteiger partial charge in [0.05, 0.1) is 15.5 Å². The van der Waals surface area contributed by atoms with Crippen molar-refractivity contribution < 1.29 is 16.8 Å². The van der Waals surface area contributed by atoms with Gasteiger partial charge in [-0.1, -0.05) is 74.2 Å². The predicted octanol–water partition coefficient (Wildman–Crippen LogP) is 5.41. The summed E-state index contributed by atoms with van der Waals surface area (Å²) < 4.78 is 56.8. The van der Waals surface area contributed by atoms with E-state index >= 15 is 0 Å². The monoisotopic (exact) mass is 516 g/mol. The smallest absolute Gasteiger partial charge is 0.264 e. The molecule has 0 aromatic heterocycles. The van der Waals surface area contributed by atoms with Gasteiger partial charge in [-0.25, -0.2) is 16.8 Å². The number of nitrogens with zero attached hydrogens (tertiary/aromatic N) is 2. The SMILES string of the molecule is C=C1CN(S(=O)(=O)c2ccc(C)cc2)CCN(S(=O)(=O)c2ccc(C)cc2)/C1=C\CCCCCC. The molecule has 1 heterocycles. The molecular formula is C27H36N2O4S2. The van der Waals surface area contributed by atoms with Crippen LogP contribution in [0.4, 0.5) is 0 Å². The molecule has 1 aliphatic heterocycles. The second-order valence-corrected chi connectivity index (χ2v) is 12.9. The van der Waals surface area contributed by atoms with Gasteiger partial charge in [-0.3, -0.25) is 4.31 Å². The van der Waals surface area contributed by atoms with Gasteiger partial charge in [-0.05, 0) is 56.5 Å². The van der Waals surface area contributed by atoms with E-state index in [1.165, 1.54) is 8.61 Å². The van der Waals surface area contributed by atoms with Crippen LogP contribution in [0.5, 0.6) is 0 Å². The van der Waals surface area contributed by atoms with Crippen molar-refractivity contribution in [3.63, 3.8) is 0 Å². The minimum absolute atomic E-state index is 0.0150. The van der Waals surface area contributed by atoms with Gasteiger partial charge >= 0.3 is 0 Å². The van der Waals surface area contributed by atoms with Crippen molar-refractivity contribution in [3.8, 4) is 0 Å². The lowest BCUT2D eigenvalue weighted by atomic mass is 10.1. The van der Waals surface area contributed by atoms with Crippen molar-refractivity contribution in [2.75, 3.05) is 19.6 Å². The summed E-state index contributed by atoms with van der Waals surface area (Å²) in [5.41, 5.74) is 2.90. The predicted molar refractivity (Wildman–Crippen MR) is 141 cm³/mol. The van der Waals surface area contributed by atoms with E-state index in [1.807, 2.05) is 19.9 Å². The van der Waals surface area contributed by atoms with E-state index < -0.39 is 20.0 Å². The molecule has 0 unspecified atom stereocenters. The summed E-state index contributed by atoms with van der Waals surface area (Å²) >= 11 is 0. The van der Waals surface area contributed by atoms with Gasteiger partial charge in [-0.2, -0.15) is 4.31 Å². The van der Waals surface area contributed by atoms with Crippen molar-refractivity contribution in [2.24, 2.45) is 0 Å². The maximum atomic E-state index is 13.7. The standard InChI is InChI=1S/C27H36N2O4S2/c1-5-6-7-8-9-10-27-24(4)21-28(34(30,31)25-15-11-22(2)12-16-25)19-20-29(27)35(32,33)26-17-13-23(3)14-18-26/h10-18H,4-9,19-21H2,1-3H3/b27-10-. The largest absolute Gasteiger partial charge is 0.265 e. The van der Waals surface area contributed by atoms with Gasteiger partial charge in [0, 0.05) is 19.6 Å². The molecule has 1 saturated heterocycles. The van der Waals surface area contributed by atoms with E-state index in [0.29, 0.717) is 17.7 Å². The molecule has 1 aliphatic rings. The Morgan fingerprint density at radius 2 is 1.34 bits per heavy atom. The Hall–Kier alpha value is -2.42. The lowest BCUT2D eigenvalue weighted by Gasteiger charge is -2.26. The summed E-state index contributed by atoms with van der Waals surface area (Å²) in [5.74, 6) is 0. The zero-order chi connectivity index (χ0) is 25.6. The molecular weight excluding hydrogens is 480 g/mol. The molecule has 35 heavy (non-hydrogen) atoms. The molecule has 0 aliphatic carbocycles. The van der Waals surface area contributed by atoms with E-state index in [-0.39, 0.29) is 29.4 Å². The van der Waals surface area contributed by atoms with Crippen LogP contribution < -0.4 is 0 Å². The summed E-state index contributed by atoms with van der Waals surface area (Å²) in [6.07, 6.45) is 6.85. The van der Waals surface area contributed by atoms with Crippen LogP contribution in [0.15, 0.2) is 82.2 Å². The summed E-state index contributed by atoms with van der Waals surface area (Å²) in [6.45, 7) is 10.2. The number of allylic oxidation sites excluding steroid dienone is 1. The van der Waals surface area contributed by atoms with Crippen LogP contribution in [0, 0.1) is 13.8 Å². The molecule has 190 valence electrons. The second kappa shape index (κ2) is 11.5. The lowest BCUT2D eigenvalue weighted by molar-refractivity contribution is 0.417. The number of sulfonamides is 2. The Labute approximate surface area is 211 Å². The zero-order valence-electron chi connectivity index (χ0n) is 20.9.